The Bertz CT molecular complexity index is 1330. The fourth-order valence-corrected chi connectivity index (χ4v) is 6.24. The van der Waals surface area contributed by atoms with Crippen LogP contribution in [0.1, 0.15) is 6.92 Å². The summed E-state index contributed by atoms with van der Waals surface area (Å²) >= 11 is 0. The lowest BCUT2D eigenvalue weighted by Crippen LogP contribution is -2.72. The number of carbonyl (C=O) groups is 1. The standard InChI is InChI=1S/C28H42N4O14/c1-11(36)31-18-21(39)23(15(9-34)43-27(18)45-22-14(8-33)42-25(41)16(29)19(22)37)44-26-17(30)20(38)24(40)28(10-35,46-26)32-7-6-12-4-2-3-5-13(12)32/h2-7,14-27,33-35,37-41H,8-10,29-30H2,1H3,(H,31,36)/t14-,15-,16-,17-,18-,19-,20-,21-,22?,23?,24+,25-,26+,27+,28-/m1/s1. The first kappa shape index (κ1) is 35.0. The van der Waals surface area contributed by atoms with Crippen LogP contribution < -0.4 is 16.8 Å². The maximum atomic E-state index is 12.2. The average Bonchev–Trinajstić information content (AvgIpc) is 3.48. The van der Waals surface area contributed by atoms with Gasteiger partial charge >= 0.3 is 0 Å². The van der Waals surface area contributed by atoms with Crippen LogP contribution in [0, 0.1) is 0 Å². The zero-order valence-corrected chi connectivity index (χ0v) is 24.8. The first-order chi connectivity index (χ1) is 21.9. The molecule has 15 atom stereocenters. The van der Waals surface area contributed by atoms with Crippen LogP contribution >= 0.6 is 0 Å². The predicted molar refractivity (Wildman–Crippen MR) is 153 cm³/mol. The molecule has 3 fully saturated rings. The summed E-state index contributed by atoms with van der Waals surface area (Å²) in [6.07, 6.45) is -15.7. The lowest BCUT2D eigenvalue weighted by molar-refractivity contribution is -0.375. The SMILES string of the molecule is CC(=O)N[C@H]1[C@H](OC2[C@@H](CO)O[C@@H](O)[C@H](N)[C@H]2O)O[C@H](CO)C(O[C@H]2O[C@@](CO)(n3ccc4ccccc43)[C@@H](O)[C@H](O)[C@H]2N)[C@@H]1O. The second-order valence-electron chi connectivity index (χ2n) is 11.7. The van der Waals surface area contributed by atoms with Crippen LogP contribution in [0.2, 0.25) is 0 Å². The van der Waals surface area contributed by atoms with Gasteiger partial charge < -0.3 is 85.9 Å². The average molecular weight is 659 g/mol. The van der Waals surface area contributed by atoms with Gasteiger partial charge in [-0.1, -0.05) is 18.2 Å². The number of aliphatic hydroxyl groups excluding tert-OH is 8. The van der Waals surface area contributed by atoms with Gasteiger partial charge in [0.25, 0.3) is 0 Å². The van der Waals surface area contributed by atoms with E-state index < -0.39 is 117 Å². The number of hydrogen-bond acceptors (Lipinski definition) is 16. The Morgan fingerprint density at radius 3 is 2.17 bits per heavy atom. The van der Waals surface area contributed by atoms with Gasteiger partial charge in [-0.15, -0.1) is 0 Å². The Hall–Kier alpha value is -2.37. The summed E-state index contributed by atoms with van der Waals surface area (Å²) in [5.41, 5.74) is 10.5. The van der Waals surface area contributed by atoms with E-state index in [0.29, 0.717) is 5.52 Å². The van der Waals surface area contributed by atoms with E-state index in [2.05, 4.69) is 5.32 Å². The fraction of sp³-hybridized carbons (Fsp3) is 0.679. The molecule has 0 saturated carbocycles. The van der Waals surface area contributed by atoms with E-state index in [1.807, 2.05) is 0 Å². The van der Waals surface area contributed by atoms with Crippen molar-refractivity contribution in [2.75, 3.05) is 19.8 Å². The predicted octanol–water partition coefficient (Wildman–Crippen LogP) is -5.56. The van der Waals surface area contributed by atoms with Gasteiger partial charge in [0.15, 0.2) is 24.6 Å². The number of hydrogen-bond donors (Lipinski definition) is 11. The van der Waals surface area contributed by atoms with Crippen molar-refractivity contribution in [1.29, 1.82) is 0 Å². The third kappa shape index (κ3) is 6.16. The molecule has 2 aromatic rings. The fourth-order valence-electron chi connectivity index (χ4n) is 6.24. The Morgan fingerprint density at radius 2 is 1.52 bits per heavy atom. The summed E-state index contributed by atoms with van der Waals surface area (Å²) in [7, 11) is 0. The zero-order valence-electron chi connectivity index (χ0n) is 24.8. The van der Waals surface area contributed by atoms with Crippen LogP contribution in [0.3, 0.4) is 0 Å². The molecule has 2 unspecified atom stereocenters. The second-order valence-corrected chi connectivity index (χ2v) is 11.7. The molecule has 1 amide bonds. The van der Waals surface area contributed by atoms with Gasteiger partial charge in [-0.25, -0.2) is 0 Å². The molecule has 3 aliphatic rings. The summed E-state index contributed by atoms with van der Waals surface area (Å²) in [6.45, 7) is -1.20. The highest BCUT2D eigenvalue weighted by Crippen LogP contribution is 2.38. The second kappa shape index (κ2) is 14.0. The summed E-state index contributed by atoms with van der Waals surface area (Å²) in [5, 5.41) is 88.2. The molecule has 3 aliphatic heterocycles. The topological polar surface area (TPSA) is 294 Å². The molecule has 1 aromatic heterocycles. The van der Waals surface area contributed by atoms with Crippen molar-refractivity contribution in [2.45, 2.75) is 98.5 Å². The van der Waals surface area contributed by atoms with Gasteiger partial charge in [-0.3, -0.25) is 4.79 Å². The van der Waals surface area contributed by atoms with E-state index in [4.69, 9.17) is 35.2 Å². The Kier molecular flexibility index (Phi) is 10.6. The van der Waals surface area contributed by atoms with E-state index in [9.17, 15) is 45.6 Å². The van der Waals surface area contributed by atoms with Crippen molar-refractivity contribution in [3.8, 4) is 0 Å². The van der Waals surface area contributed by atoms with Gasteiger partial charge in [-0.05, 0) is 17.5 Å². The van der Waals surface area contributed by atoms with E-state index in [1.165, 1.54) is 4.57 Å². The monoisotopic (exact) mass is 658 g/mol. The molecule has 18 heteroatoms. The first-order valence-electron chi connectivity index (χ1n) is 14.8. The molecule has 5 rings (SSSR count). The lowest BCUT2D eigenvalue weighted by atomic mass is 9.91. The van der Waals surface area contributed by atoms with Crippen LogP contribution in [0.4, 0.5) is 0 Å². The number of para-hydroxylation sites is 1. The number of aliphatic hydroxyl groups is 8. The summed E-state index contributed by atoms with van der Waals surface area (Å²) in [4.78, 5) is 12.2. The highest BCUT2D eigenvalue weighted by molar-refractivity contribution is 5.80. The largest absolute Gasteiger partial charge is 0.394 e. The molecule has 4 heterocycles. The summed E-state index contributed by atoms with van der Waals surface area (Å²) in [5.74, 6) is -0.642. The lowest BCUT2D eigenvalue weighted by Gasteiger charge is -2.52. The minimum absolute atomic E-state index is 0.541. The number of ether oxygens (including phenoxy) is 5. The zero-order chi connectivity index (χ0) is 33.5. The number of amides is 1. The van der Waals surface area contributed by atoms with E-state index in [-0.39, 0.29) is 0 Å². The van der Waals surface area contributed by atoms with Crippen LogP contribution in [0.25, 0.3) is 10.9 Å². The van der Waals surface area contributed by atoms with Gasteiger partial charge in [0.2, 0.25) is 5.91 Å². The maximum absolute atomic E-state index is 12.2. The minimum Gasteiger partial charge on any atom is -0.394 e. The van der Waals surface area contributed by atoms with Crippen LogP contribution in [0.15, 0.2) is 36.5 Å². The molecule has 3 saturated heterocycles. The van der Waals surface area contributed by atoms with Crippen molar-refractivity contribution >= 4 is 16.8 Å². The van der Waals surface area contributed by atoms with Gasteiger partial charge in [0.05, 0.1) is 37.4 Å². The number of fused-ring (bicyclic) bond motifs is 1. The van der Waals surface area contributed by atoms with Crippen molar-refractivity contribution in [3.63, 3.8) is 0 Å². The molecule has 0 bridgehead atoms. The summed E-state index contributed by atoms with van der Waals surface area (Å²) < 4.78 is 30.6. The molecule has 0 radical (unpaired) electrons. The number of nitrogens with one attached hydrogen (secondary N) is 1. The molecular formula is C28H42N4O14. The highest BCUT2D eigenvalue weighted by atomic mass is 16.7. The van der Waals surface area contributed by atoms with Crippen LogP contribution in [-0.2, 0) is 34.2 Å². The van der Waals surface area contributed by atoms with Crippen molar-refractivity contribution < 1.29 is 69.3 Å². The third-order valence-corrected chi connectivity index (χ3v) is 8.77. The minimum atomic E-state index is -2.01. The molecule has 46 heavy (non-hydrogen) atoms. The molecule has 0 spiro atoms. The Balaban J connectivity index is 1.43. The maximum Gasteiger partial charge on any atom is 0.217 e. The van der Waals surface area contributed by atoms with Crippen LogP contribution in [-0.4, -0.2) is 157 Å². The highest BCUT2D eigenvalue weighted by Gasteiger charge is 2.57. The van der Waals surface area contributed by atoms with Crippen molar-refractivity contribution in [2.24, 2.45) is 11.5 Å². The van der Waals surface area contributed by atoms with E-state index in [1.54, 1.807) is 36.5 Å². The smallest absolute Gasteiger partial charge is 0.217 e. The molecular weight excluding hydrogens is 616 g/mol. The third-order valence-electron chi connectivity index (χ3n) is 8.77. The van der Waals surface area contributed by atoms with Gasteiger partial charge in [-0.2, -0.15) is 0 Å². The number of benzene rings is 1. The number of nitrogens with two attached hydrogens (primary N) is 2. The first-order valence-corrected chi connectivity index (χ1v) is 14.8. The molecule has 0 aliphatic carbocycles. The summed E-state index contributed by atoms with van der Waals surface area (Å²) in [6, 6.07) is 4.51. The number of nitrogens with zero attached hydrogens (tertiary/aromatic N) is 1. The Morgan fingerprint density at radius 1 is 0.891 bits per heavy atom. The molecule has 13 N–H and O–H groups in total. The normalized spacial score (nSPS) is 43.5. The van der Waals surface area contributed by atoms with Gasteiger partial charge in [0, 0.05) is 13.1 Å². The van der Waals surface area contributed by atoms with Gasteiger partial charge in [0.1, 0.15) is 54.9 Å². The number of aromatic nitrogens is 1. The van der Waals surface area contributed by atoms with Crippen molar-refractivity contribution in [1.82, 2.24) is 9.88 Å². The molecule has 18 nitrogen and oxygen atoms in total. The van der Waals surface area contributed by atoms with Crippen LogP contribution in [0.5, 0.6) is 0 Å². The van der Waals surface area contributed by atoms with Crippen molar-refractivity contribution in [3.05, 3.63) is 36.5 Å². The number of rotatable bonds is 9. The van der Waals surface area contributed by atoms with E-state index >= 15 is 0 Å². The molecule has 258 valence electrons. The molecule has 1 aromatic carbocycles. The Labute approximate surface area is 262 Å². The quantitative estimate of drug-likeness (QED) is 0.120. The van der Waals surface area contributed by atoms with E-state index in [0.717, 1.165) is 12.3 Å². The number of carbonyl (C=O) groups excluding carboxylic acids is 1.